The van der Waals surface area contributed by atoms with Gasteiger partial charge in [0.1, 0.15) is 10.9 Å². The van der Waals surface area contributed by atoms with Gasteiger partial charge in [-0.25, -0.2) is 13.1 Å². The fraction of sp³-hybridized carbons (Fsp3) is 0.286. The van der Waals surface area contributed by atoms with E-state index in [2.05, 4.69) is 5.10 Å². The summed E-state index contributed by atoms with van der Waals surface area (Å²) in [6, 6.07) is 10.8. The molecule has 0 amide bonds. The summed E-state index contributed by atoms with van der Waals surface area (Å²) < 4.78 is 27.9. The molecule has 2 heterocycles. The van der Waals surface area contributed by atoms with Crippen LogP contribution in [0.4, 0.5) is 0 Å². The topological polar surface area (TPSA) is 79.0 Å². The van der Waals surface area contributed by atoms with E-state index in [9.17, 15) is 8.42 Å². The maximum atomic E-state index is 12.6. The molecule has 1 aliphatic heterocycles. The van der Waals surface area contributed by atoms with Crippen LogP contribution < -0.4 is 0 Å². The number of aromatic nitrogens is 2. The minimum atomic E-state index is -3.66. The Bertz CT molecular complexity index is 777. The number of hydrogen-bond acceptors (Lipinski definition) is 4. The van der Waals surface area contributed by atoms with Crippen molar-refractivity contribution in [2.75, 3.05) is 6.54 Å². The van der Waals surface area contributed by atoms with E-state index in [1.165, 1.54) is 21.4 Å². The summed E-state index contributed by atoms with van der Waals surface area (Å²) in [5.74, 6) is 0. The largest absolute Gasteiger partial charge is 0.247 e. The first-order valence-corrected chi connectivity index (χ1v) is 8.08. The molecule has 3 rings (SSSR count). The summed E-state index contributed by atoms with van der Waals surface area (Å²) in [7, 11) is -3.66. The van der Waals surface area contributed by atoms with Gasteiger partial charge < -0.3 is 0 Å². The predicted octanol–water partition coefficient (Wildman–Crippen LogP) is 1.55. The first kappa shape index (κ1) is 13.8. The first-order chi connectivity index (χ1) is 10.1. The zero-order chi connectivity index (χ0) is 14.9. The van der Waals surface area contributed by atoms with Crippen molar-refractivity contribution in [2.24, 2.45) is 0 Å². The normalized spacial score (nSPS) is 19.5. The predicted molar refractivity (Wildman–Crippen MR) is 76.1 cm³/mol. The Balaban J connectivity index is 1.94. The van der Waals surface area contributed by atoms with Gasteiger partial charge >= 0.3 is 0 Å². The lowest BCUT2D eigenvalue weighted by molar-refractivity contribution is 0.437. The number of sulfonamides is 1. The minimum Gasteiger partial charge on any atom is -0.240 e. The molecule has 0 saturated carbocycles. The molecule has 1 aliphatic rings. The Morgan fingerprint density at radius 1 is 1.29 bits per heavy atom. The Morgan fingerprint density at radius 3 is 2.76 bits per heavy atom. The van der Waals surface area contributed by atoms with Gasteiger partial charge in [-0.2, -0.15) is 14.7 Å². The van der Waals surface area contributed by atoms with Crippen LogP contribution in [0.5, 0.6) is 0 Å². The van der Waals surface area contributed by atoms with E-state index in [-0.39, 0.29) is 4.90 Å². The lowest BCUT2D eigenvalue weighted by Crippen LogP contribution is -2.34. The number of para-hydroxylation sites is 1. The molecular weight excluding hydrogens is 288 g/mol. The van der Waals surface area contributed by atoms with E-state index in [1.807, 2.05) is 36.4 Å². The molecule has 0 spiro atoms. The summed E-state index contributed by atoms with van der Waals surface area (Å²) in [6.45, 7) is 0.386. The van der Waals surface area contributed by atoms with Gasteiger partial charge in [-0.3, -0.25) is 0 Å². The van der Waals surface area contributed by atoms with E-state index in [4.69, 9.17) is 5.26 Å². The van der Waals surface area contributed by atoms with Gasteiger partial charge in [0.2, 0.25) is 10.0 Å². The summed E-state index contributed by atoms with van der Waals surface area (Å²) in [5.41, 5.74) is 0.789. The lowest BCUT2D eigenvalue weighted by atomic mass is 10.2. The van der Waals surface area contributed by atoms with Crippen molar-refractivity contribution in [3.05, 3.63) is 42.7 Å². The third kappa shape index (κ3) is 2.44. The van der Waals surface area contributed by atoms with Crippen LogP contribution in [0.2, 0.25) is 0 Å². The molecule has 1 atom stereocenters. The van der Waals surface area contributed by atoms with Gasteiger partial charge in [-0.05, 0) is 25.0 Å². The second kappa shape index (κ2) is 5.31. The van der Waals surface area contributed by atoms with E-state index >= 15 is 0 Å². The van der Waals surface area contributed by atoms with Gasteiger partial charge in [0.15, 0.2) is 0 Å². The van der Waals surface area contributed by atoms with Gasteiger partial charge in [0.25, 0.3) is 0 Å². The Kier molecular flexibility index (Phi) is 3.49. The molecule has 1 aromatic carbocycles. The fourth-order valence-corrected chi connectivity index (χ4v) is 3.99. The maximum absolute atomic E-state index is 12.6. The van der Waals surface area contributed by atoms with Crippen LogP contribution in [0.3, 0.4) is 0 Å². The molecule has 0 N–H and O–H groups in total. The highest BCUT2D eigenvalue weighted by molar-refractivity contribution is 7.89. The van der Waals surface area contributed by atoms with Crippen molar-refractivity contribution in [1.82, 2.24) is 14.1 Å². The zero-order valence-electron chi connectivity index (χ0n) is 11.3. The lowest BCUT2D eigenvalue weighted by Gasteiger charge is -2.17. The van der Waals surface area contributed by atoms with Crippen LogP contribution in [0.25, 0.3) is 5.69 Å². The summed E-state index contributed by atoms with van der Waals surface area (Å²) in [5, 5.41) is 13.2. The van der Waals surface area contributed by atoms with E-state index in [0.29, 0.717) is 19.4 Å². The second-order valence-electron chi connectivity index (χ2n) is 4.86. The second-order valence-corrected chi connectivity index (χ2v) is 6.75. The average Bonchev–Trinajstić information content (AvgIpc) is 3.17. The van der Waals surface area contributed by atoms with Crippen molar-refractivity contribution < 1.29 is 8.42 Å². The Labute approximate surface area is 123 Å². The molecule has 2 aromatic rings. The van der Waals surface area contributed by atoms with Crippen LogP contribution >= 0.6 is 0 Å². The molecule has 0 bridgehead atoms. The number of nitrogens with zero attached hydrogens (tertiary/aromatic N) is 4. The quantitative estimate of drug-likeness (QED) is 0.861. The molecule has 1 fully saturated rings. The molecular formula is C14H14N4O2S. The zero-order valence-corrected chi connectivity index (χ0v) is 12.1. The van der Waals surface area contributed by atoms with E-state index in [0.717, 1.165) is 5.69 Å². The molecule has 1 unspecified atom stereocenters. The van der Waals surface area contributed by atoms with E-state index < -0.39 is 16.1 Å². The molecule has 1 saturated heterocycles. The highest BCUT2D eigenvalue weighted by Crippen LogP contribution is 2.25. The number of rotatable bonds is 3. The van der Waals surface area contributed by atoms with Crippen molar-refractivity contribution in [2.45, 2.75) is 23.8 Å². The molecule has 108 valence electrons. The minimum absolute atomic E-state index is 0.119. The standard InChI is InChI=1S/C14H14N4O2S/c15-9-13-7-4-8-18(13)21(19,20)14-10-16-17(11-14)12-5-2-1-3-6-12/h1-3,5-6,10-11,13H,4,7-8H2. The molecule has 0 radical (unpaired) electrons. The van der Waals surface area contributed by atoms with Crippen LogP contribution in [0.1, 0.15) is 12.8 Å². The first-order valence-electron chi connectivity index (χ1n) is 6.64. The highest BCUT2D eigenvalue weighted by atomic mass is 32.2. The van der Waals surface area contributed by atoms with Crippen molar-refractivity contribution in [1.29, 1.82) is 5.26 Å². The van der Waals surface area contributed by atoms with Crippen LogP contribution in [-0.4, -0.2) is 35.1 Å². The Morgan fingerprint density at radius 2 is 2.05 bits per heavy atom. The molecule has 21 heavy (non-hydrogen) atoms. The fourth-order valence-electron chi connectivity index (χ4n) is 2.45. The third-order valence-corrected chi connectivity index (χ3v) is 5.40. The molecule has 1 aromatic heterocycles. The molecule has 7 heteroatoms. The van der Waals surface area contributed by atoms with E-state index in [1.54, 1.807) is 0 Å². The SMILES string of the molecule is N#CC1CCCN1S(=O)(=O)c1cnn(-c2ccccc2)c1. The van der Waals surface area contributed by atoms with Gasteiger partial charge in [0, 0.05) is 6.54 Å². The van der Waals surface area contributed by atoms with Gasteiger partial charge in [0.05, 0.1) is 24.2 Å². The number of benzene rings is 1. The average molecular weight is 302 g/mol. The van der Waals surface area contributed by atoms with Gasteiger partial charge in [-0.1, -0.05) is 18.2 Å². The Hall–Kier alpha value is -2.17. The highest BCUT2D eigenvalue weighted by Gasteiger charge is 2.36. The maximum Gasteiger partial charge on any atom is 0.247 e. The molecule has 0 aliphatic carbocycles. The van der Waals surface area contributed by atoms with Crippen LogP contribution in [0.15, 0.2) is 47.6 Å². The summed E-state index contributed by atoms with van der Waals surface area (Å²) in [4.78, 5) is 0.119. The third-order valence-electron chi connectivity index (χ3n) is 3.54. The summed E-state index contributed by atoms with van der Waals surface area (Å²) >= 11 is 0. The van der Waals surface area contributed by atoms with Crippen LogP contribution in [-0.2, 0) is 10.0 Å². The van der Waals surface area contributed by atoms with Crippen molar-refractivity contribution >= 4 is 10.0 Å². The van der Waals surface area contributed by atoms with Crippen molar-refractivity contribution in [3.8, 4) is 11.8 Å². The smallest absolute Gasteiger partial charge is 0.240 e. The number of nitriles is 1. The molecule has 6 nitrogen and oxygen atoms in total. The van der Waals surface area contributed by atoms with Crippen molar-refractivity contribution in [3.63, 3.8) is 0 Å². The number of hydrogen-bond donors (Lipinski definition) is 0. The monoisotopic (exact) mass is 302 g/mol. The van der Waals surface area contributed by atoms with Gasteiger partial charge in [-0.15, -0.1) is 0 Å². The summed E-state index contributed by atoms with van der Waals surface area (Å²) in [6.07, 6.45) is 4.11. The van der Waals surface area contributed by atoms with Crippen LogP contribution in [0, 0.1) is 11.3 Å².